The fraction of sp³-hybridized carbons (Fsp3) is 0.464. The maximum Gasteiger partial charge on any atom is 0.264 e. The van der Waals surface area contributed by atoms with Crippen LogP contribution >= 0.6 is 23.2 Å². The molecule has 3 amide bonds. The van der Waals surface area contributed by atoms with Crippen molar-refractivity contribution in [3.05, 3.63) is 69.2 Å². The van der Waals surface area contributed by atoms with Crippen molar-refractivity contribution in [1.29, 1.82) is 0 Å². The van der Waals surface area contributed by atoms with Crippen molar-refractivity contribution in [3.8, 4) is 0 Å². The van der Waals surface area contributed by atoms with Crippen LogP contribution in [-0.2, 0) is 10.2 Å². The number of carbonyl (C=O) groups excluding carboxylic acids is 3. The zero-order valence-electron chi connectivity index (χ0n) is 21.5. The SMILES string of the molecule is CC(C)(C)c1ccc(C(=O)N2CCN(C(=O)c3ccc(Cl)c(Cl)c3)C2C(=O)NC2CCC(N)CC2)cc1. The second kappa shape index (κ2) is 11.0. The minimum atomic E-state index is -1.08. The molecule has 3 N–H and O–H groups in total. The molecule has 1 unspecified atom stereocenters. The fourth-order valence-electron chi connectivity index (χ4n) is 4.95. The Hall–Kier alpha value is -2.61. The Morgan fingerprint density at radius 2 is 1.38 bits per heavy atom. The van der Waals surface area contributed by atoms with E-state index in [0.717, 1.165) is 31.2 Å². The second-order valence-electron chi connectivity index (χ2n) is 10.9. The largest absolute Gasteiger partial charge is 0.350 e. The molecule has 1 aliphatic heterocycles. The predicted octanol–water partition coefficient (Wildman–Crippen LogP) is 4.60. The molecule has 2 aromatic carbocycles. The zero-order chi connectivity index (χ0) is 26.9. The number of nitrogens with two attached hydrogens (primary N) is 1. The van der Waals surface area contributed by atoms with Crippen LogP contribution in [0.25, 0.3) is 0 Å². The molecular formula is C28H34Cl2N4O3. The van der Waals surface area contributed by atoms with Crippen LogP contribution in [0.15, 0.2) is 42.5 Å². The first-order valence-corrected chi connectivity index (χ1v) is 13.4. The van der Waals surface area contributed by atoms with Crippen LogP contribution in [0.3, 0.4) is 0 Å². The van der Waals surface area contributed by atoms with E-state index >= 15 is 0 Å². The molecule has 0 aromatic heterocycles. The van der Waals surface area contributed by atoms with Crippen molar-refractivity contribution in [2.45, 2.75) is 70.1 Å². The van der Waals surface area contributed by atoms with Gasteiger partial charge in [0.05, 0.1) is 10.0 Å². The van der Waals surface area contributed by atoms with E-state index in [1.54, 1.807) is 24.3 Å². The smallest absolute Gasteiger partial charge is 0.264 e. The maximum atomic E-state index is 13.6. The van der Waals surface area contributed by atoms with Crippen molar-refractivity contribution in [1.82, 2.24) is 15.1 Å². The highest BCUT2D eigenvalue weighted by atomic mass is 35.5. The summed E-state index contributed by atoms with van der Waals surface area (Å²) in [5, 5.41) is 3.66. The highest BCUT2D eigenvalue weighted by Crippen LogP contribution is 2.28. The minimum absolute atomic E-state index is 0.0437. The third-order valence-electron chi connectivity index (χ3n) is 7.21. The first-order valence-electron chi connectivity index (χ1n) is 12.7. The van der Waals surface area contributed by atoms with Gasteiger partial charge in [-0.1, -0.05) is 56.1 Å². The normalized spacial score (nSPS) is 22.2. The summed E-state index contributed by atoms with van der Waals surface area (Å²) >= 11 is 12.2. The molecule has 2 fully saturated rings. The van der Waals surface area contributed by atoms with Crippen molar-refractivity contribution < 1.29 is 14.4 Å². The van der Waals surface area contributed by atoms with Gasteiger partial charge in [-0.15, -0.1) is 0 Å². The lowest BCUT2D eigenvalue weighted by molar-refractivity contribution is -0.129. The van der Waals surface area contributed by atoms with E-state index in [1.165, 1.54) is 15.9 Å². The lowest BCUT2D eigenvalue weighted by Crippen LogP contribution is -2.56. The van der Waals surface area contributed by atoms with Gasteiger partial charge in [-0.3, -0.25) is 14.4 Å². The van der Waals surface area contributed by atoms with Gasteiger partial charge in [-0.25, -0.2) is 0 Å². The van der Waals surface area contributed by atoms with Gasteiger partial charge < -0.3 is 20.9 Å². The predicted molar refractivity (Wildman–Crippen MR) is 146 cm³/mol. The van der Waals surface area contributed by atoms with Crippen molar-refractivity contribution in [2.24, 2.45) is 5.73 Å². The van der Waals surface area contributed by atoms with E-state index in [1.807, 2.05) is 12.1 Å². The van der Waals surface area contributed by atoms with Gasteiger partial charge in [0, 0.05) is 36.3 Å². The average molecular weight is 546 g/mol. The fourth-order valence-corrected chi connectivity index (χ4v) is 5.25. The van der Waals surface area contributed by atoms with Crippen LogP contribution in [0.1, 0.15) is 72.7 Å². The second-order valence-corrected chi connectivity index (χ2v) is 11.8. The molecule has 2 aliphatic rings. The molecule has 7 nitrogen and oxygen atoms in total. The molecule has 1 atom stereocenters. The number of nitrogens with one attached hydrogen (secondary N) is 1. The van der Waals surface area contributed by atoms with E-state index in [9.17, 15) is 14.4 Å². The van der Waals surface area contributed by atoms with Crippen LogP contribution in [0.5, 0.6) is 0 Å². The first kappa shape index (κ1) is 27.4. The average Bonchev–Trinajstić information content (AvgIpc) is 3.31. The molecule has 9 heteroatoms. The summed E-state index contributed by atoms with van der Waals surface area (Å²) in [6.45, 7) is 6.78. The van der Waals surface area contributed by atoms with Crippen molar-refractivity contribution >= 4 is 40.9 Å². The quantitative estimate of drug-likeness (QED) is 0.587. The molecule has 198 valence electrons. The summed E-state index contributed by atoms with van der Waals surface area (Å²) in [5.74, 6) is -1.05. The third kappa shape index (κ3) is 6.11. The number of hydrogen-bond donors (Lipinski definition) is 2. The summed E-state index contributed by atoms with van der Waals surface area (Å²) in [4.78, 5) is 43.7. The monoisotopic (exact) mass is 544 g/mol. The molecule has 1 heterocycles. The molecule has 0 spiro atoms. The number of rotatable bonds is 4. The Morgan fingerprint density at radius 3 is 1.92 bits per heavy atom. The molecule has 2 aromatic rings. The Labute approximate surface area is 228 Å². The van der Waals surface area contributed by atoms with Gasteiger partial charge in [-0.2, -0.15) is 0 Å². The number of amides is 3. The van der Waals surface area contributed by atoms with Crippen LogP contribution in [0, 0.1) is 0 Å². The first-order chi connectivity index (χ1) is 17.5. The number of benzene rings is 2. The lowest BCUT2D eigenvalue weighted by Gasteiger charge is -2.33. The van der Waals surface area contributed by atoms with Crippen LogP contribution in [0.4, 0.5) is 0 Å². The van der Waals surface area contributed by atoms with Gasteiger partial charge in [-0.05, 0) is 67.0 Å². The molecule has 1 aliphatic carbocycles. The Bertz CT molecular complexity index is 1170. The molecule has 4 rings (SSSR count). The Kier molecular flexibility index (Phi) is 8.17. The van der Waals surface area contributed by atoms with Gasteiger partial charge in [0.25, 0.3) is 17.7 Å². The maximum absolute atomic E-state index is 13.6. The van der Waals surface area contributed by atoms with Crippen LogP contribution in [0.2, 0.25) is 10.0 Å². The van der Waals surface area contributed by atoms with E-state index in [-0.39, 0.29) is 53.3 Å². The van der Waals surface area contributed by atoms with E-state index in [0.29, 0.717) is 16.1 Å². The minimum Gasteiger partial charge on any atom is -0.350 e. The van der Waals surface area contributed by atoms with Gasteiger partial charge in [0.2, 0.25) is 0 Å². The van der Waals surface area contributed by atoms with Crippen molar-refractivity contribution in [3.63, 3.8) is 0 Å². The van der Waals surface area contributed by atoms with E-state index in [2.05, 4.69) is 26.1 Å². The Morgan fingerprint density at radius 1 is 0.838 bits per heavy atom. The lowest BCUT2D eigenvalue weighted by atomic mass is 9.86. The zero-order valence-corrected chi connectivity index (χ0v) is 23.0. The molecule has 0 radical (unpaired) electrons. The van der Waals surface area contributed by atoms with Crippen molar-refractivity contribution in [2.75, 3.05) is 13.1 Å². The summed E-state index contributed by atoms with van der Waals surface area (Å²) in [6.07, 6.45) is 2.10. The third-order valence-corrected chi connectivity index (χ3v) is 7.95. The van der Waals surface area contributed by atoms with Gasteiger partial charge >= 0.3 is 0 Å². The highest BCUT2D eigenvalue weighted by molar-refractivity contribution is 6.42. The summed E-state index contributed by atoms with van der Waals surface area (Å²) in [6, 6.07) is 12.1. The number of halogens is 2. The topological polar surface area (TPSA) is 95.7 Å². The molecule has 1 saturated carbocycles. The Balaban J connectivity index is 1.61. The molecular weight excluding hydrogens is 511 g/mol. The summed E-state index contributed by atoms with van der Waals surface area (Å²) < 4.78 is 0. The standard InChI is InChI=1S/C28H34Cl2N4O3/c1-28(2,3)19-7-4-17(5-8-19)26(36)33-14-15-34(27(37)18-6-13-22(29)23(30)16-18)25(33)24(35)32-21-11-9-20(31)10-12-21/h4-8,13,16,20-21,25H,9-12,14-15,31H2,1-3H3,(H,32,35). The number of hydrogen-bond acceptors (Lipinski definition) is 4. The number of nitrogens with zero attached hydrogens (tertiary/aromatic N) is 2. The van der Waals surface area contributed by atoms with Gasteiger partial charge in [0.1, 0.15) is 0 Å². The summed E-state index contributed by atoms with van der Waals surface area (Å²) in [5.41, 5.74) is 7.85. The summed E-state index contributed by atoms with van der Waals surface area (Å²) in [7, 11) is 0. The molecule has 37 heavy (non-hydrogen) atoms. The highest BCUT2D eigenvalue weighted by Gasteiger charge is 2.44. The van der Waals surface area contributed by atoms with Crippen LogP contribution < -0.4 is 11.1 Å². The van der Waals surface area contributed by atoms with E-state index < -0.39 is 6.17 Å². The van der Waals surface area contributed by atoms with Crippen LogP contribution in [-0.4, -0.2) is 58.9 Å². The molecule has 0 bridgehead atoms. The number of carbonyl (C=O) groups is 3. The van der Waals surface area contributed by atoms with E-state index in [4.69, 9.17) is 28.9 Å². The van der Waals surface area contributed by atoms with Gasteiger partial charge in [0.15, 0.2) is 6.17 Å². The molecule has 1 saturated heterocycles.